The van der Waals surface area contributed by atoms with Crippen LogP contribution < -0.4 is 5.32 Å². The molecule has 8 heteroatoms. The van der Waals surface area contributed by atoms with E-state index in [0.29, 0.717) is 16.8 Å². The number of alkyl halides is 3. The largest absolute Gasteiger partial charge is 0.449 e. The molecule has 1 atom stereocenters. The Morgan fingerprint density at radius 2 is 1.71 bits per heavy atom. The number of hydrogen-bond acceptors (Lipinski definition) is 4. The van der Waals surface area contributed by atoms with Gasteiger partial charge in [-0.15, -0.1) is 0 Å². The minimum Gasteiger partial charge on any atom is -0.449 e. The number of nitriles is 1. The smallest absolute Gasteiger partial charge is 0.416 e. The van der Waals surface area contributed by atoms with Gasteiger partial charge in [-0.05, 0) is 55.0 Å². The third kappa shape index (κ3) is 5.99. The first kappa shape index (κ1) is 20.7. The van der Waals surface area contributed by atoms with Gasteiger partial charge >= 0.3 is 12.1 Å². The van der Waals surface area contributed by atoms with Crippen molar-refractivity contribution in [1.82, 2.24) is 0 Å². The van der Waals surface area contributed by atoms with E-state index in [0.717, 1.165) is 18.2 Å². The molecule has 2 aromatic carbocycles. The molecule has 0 unspecified atom stereocenters. The monoisotopic (exact) mass is 388 g/mol. The molecule has 0 aliphatic heterocycles. The summed E-state index contributed by atoms with van der Waals surface area (Å²) in [5, 5.41) is 11.3. The summed E-state index contributed by atoms with van der Waals surface area (Å²) in [6, 6.07) is 12.3. The van der Waals surface area contributed by atoms with Crippen molar-refractivity contribution >= 4 is 23.6 Å². The lowest BCUT2D eigenvalue weighted by molar-refractivity contribution is -0.148. The predicted molar refractivity (Wildman–Crippen MR) is 95.8 cm³/mol. The average Bonchev–Trinajstić information content (AvgIpc) is 2.66. The second-order valence-corrected chi connectivity index (χ2v) is 5.71. The molecule has 0 aliphatic rings. The van der Waals surface area contributed by atoms with Crippen molar-refractivity contribution < 1.29 is 27.5 Å². The number of halogens is 3. The zero-order valence-corrected chi connectivity index (χ0v) is 14.7. The van der Waals surface area contributed by atoms with Crippen molar-refractivity contribution in [2.75, 3.05) is 5.32 Å². The van der Waals surface area contributed by atoms with Gasteiger partial charge in [0.1, 0.15) is 0 Å². The van der Waals surface area contributed by atoms with E-state index in [1.165, 1.54) is 49.4 Å². The third-order valence-electron chi connectivity index (χ3n) is 3.59. The number of carbonyl (C=O) groups is 2. The van der Waals surface area contributed by atoms with Gasteiger partial charge in [0.25, 0.3) is 5.91 Å². The average molecular weight is 388 g/mol. The Hall–Kier alpha value is -3.60. The van der Waals surface area contributed by atoms with Crippen LogP contribution in [-0.4, -0.2) is 18.0 Å². The molecule has 0 heterocycles. The molecular weight excluding hydrogens is 373 g/mol. The fourth-order valence-corrected chi connectivity index (χ4v) is 2.09. The van der Waals surface area contributed by atoms with E-state index in [4.69, 9.17) is 10.00 Å². The van der Waals surface area contributed by atoms with Gasteiger partial charge in [-0.25, -0.2) is 4.79 Å². The fourth-order valence-electron chi connectivity index (χ4n) is 2.09. The SMILES string of the molecule is C[C@H](OC(=O)/C=C/c1ccc(C(F)(F)F)cc1)C(=O)Nc1ccc(C#N)cc1. The number of amides is 1. The first-order valence-corrected chi connectivity index (χ1v) is 8.06. The second-order valence-electron chi connectivity index (χ2n) is 5.71. The molecule has 0 fully saturated rings. The maximum absolute atomic E-state index is 12.5. The molecule has 2 aromatic rings. The molecule has 5 nitrogen and oxygen atoms in total. The first-order valence-electron chi connectivity index (χ1n) is 8.06. The fraction of sp³-hybridized carbons (Fsp3) is 0.150. The second kappa shape index (κ2) is 8.86. The molecule has 0 aromatic heterocycles. The highest BCUT2D eigenvalue weighted by molar-refractivity contribution is 5.96. The van der Waals surface area contributed by atoms with Crippen LogP contribution in [0.15, 0.2) is 54.6 Å². The van der Waals surface area contributed by atoms with Gasteiger partial charge in [0, 0.05) is 11.8 Å². The van der Waals surface area contributed by atoms with E-state index < -0.39 is 29.7 Å². The molecule has 1 N–H and O–H groups in total. The molecule has 0 saturated carbocycles. The van der Waals surface area contributed by atoms with Crippen LogP contribution in [0.3, 0.4) is 0 Å². The number of nitrogens with zero attached hydrogens (tertiary/aromatic N) is 1. The van der Waals surface area contributed by atoms with E-state index >= 15 is 0 Å². The van der Waals surface area contributed by atoms with E-state index in [1.54, 1.807) is 0 Å². The van der Waals surface area contributed by atoms with Crippen LogP contribution in [0.4, 0.5) is 18.9 Å². The summed E-state index contributed by atoms with van der Waals surface area (Å²) in [7, 11) is 0. The van der Waals surface area contributed by atoms with Crippen molar-refractivity contribution in [1.29, 1.82) is 5.26 Å². The first-order chi connectivity index (χ1) is 13.2. The summed E-state index contributed by atoms with van der Waals surface area (Å²) in [6.45, 7) is 1.38. The van der Waals surface area contributed by atoms with Crippen LogP contribution in [0.1, 0.15) is 23.6 Å². The van der Waals surface area contributed by atoms with E-state index in [-0.39, 0.29) is 0 Å². The molecular formula is C20H15F3N2O3. The Morgan fingerprint density at radius 1 is 1.11 bits per heavy atom. The maximum Gasteiger partial charge on any atom is 0.416 e. The highest BCUT2D eigenvalue weighted by Crippen LogP contribution is 2.29. The number of esters is 1. The quantitative estimate of drug-likeness (QED) is 0.616. The van der Waals surface area contributed by atoms with Gasteiger partial charge in [0.15, 0.2) is 6.10 Å². The summed E-state index contributed by atoms with van der Waals surface area (Å²) in [6.07, 6.45) is -3.22. The highest BCUT2D eigenvalue weighted by atomic mass is 19.4. The maximum atomic E-state index is 12.5. The van der Waals surface area contributed by atoms with Gasteiger partial charge in [-0.1, -0.05) is 12.1 Å². The van der Waals surface area contributed by atoms with Crippen molar-refractivity contribution in [3.05, 3.63) is 71.3 Å². The van der Waals surface area contributed by atoms with Crippen LogP contribution in [0.25, 0.3) is 6.08 Å². The lowest BCUT2D eigenvalue weighted by Gasteiger charge is -2.12. The Balaban J connectivity index is 1.89. The van der Waals surface area contributed by atoms with Gasteiger partial charge in [-0.2, -0.15) is 18.4 Å². The van der Waals surface area contributed by atoms with Crippen molar-refractivity contribution in [2.45, 2.75) is 19.2 Å². The zero-order valence-electron chi connectivity index (χ0n) is 14.7. The number of rotatable bonds is 5. The lowest BCUT2D eigenvalue weighted by atomic mass is 10.1. The van der Waals surface area contributed by atoms with Gasteiger partial charge in [0.2, 0.25) is 0 Å². The number of hydrogen-bond donors (Lipinski definition) is 1. The Bertz CT molecular complexity index is 912. The van der Waals surface area contributed by atoms with Crippen molar-refractivity contribution in [3.63, 3.8) is 0 Å². The molecule has 0 radical (unpaired) electrons. The summed E-state index contributed by atoms with van der Waals surface area (Å²) in [5.74, 6) is -1.39. The number of ether oxygens (including phenoxy) is 1. The normalized spacial score (nSPS) is 12.2. The standard InChI is InChI=1S/C20H15F3N2O3/c1-13(19(27)25-17-9-4-15(12-24)5-10-17)28-18(26)11-6-14-2-7-16(8-3-14)20(21,22)23/h2-11,13H,1H3,(H,25,27)/b11-6+/t13-/m0/s1. The molecule has 28 heavy (non-hydrogen) atoms. The highest BCUT2D eigenvalue weighted by Gasteiger charge is 2.29. The molecule has 0 bridgehead atoms. The molecule has 0 saturated heterocycles. The molecule has 0 aliphatic carbocycles. The number of anilines is 1. The van der Waals surface area contributed by atoms with Crippen LogP contribution in [0.5, 0.6) is 0 Å². The topological polar surface area (TPSA) is 79.2 Å². The predicted octanol–water partition coefficient (Wildman–Crippen LogP) is 4.16. The Labute approximate surface area is 159 Å². The minimum absolute atomic E-state index is 0.375. The summed E-state index contributed by atoms with van der Waals surface area (Å²) in [5.41, 5.74) is 0.457. The van der Waals surface area contributed by atoms with Crippen LogP contribution in [0.2, 0.25) is 0 Å². The molecule has 0 spiro atoms. The molecule has 144 valence electrons. The summed E-state index contributed by atoms with van der Waals surface area (Å²) < 4.78 is 42.5. The van der Waals surface area contributed by atoms with Gasteiger partial charge in [0.05, 0.1) is 17.2 Å². The van der Waals surface area contributed by atoms with Gasteiger partial charge in [-0.3, -0.25) is 4.79 Å². The van der Waals surface area contributed by atoms with Crippen molar-refractivity contribution in [3.8, 4) is 6.07 Å². The summed E-state index contributed by atoms with van der Waals surface area (Å²) in [4.78, 5) is 23.8. The Morgan fingerprint density at radius 3 is 2.25 bits per heavy atom. The van der Waals surface area contributed by atoms with E-state index in [1.807, 2.05) is 6.07 Å². The number of nitrogens with one attached hydrogen (secondary N) is 1. The minimum atomic E-state index is -4.43. The third-order valence-corrected chi connectivity index (χ3v) is 3.59. The van der Waals surface area contributed by atoms with Crippen LogP contribution in [-0.2, 0) is 20.5 Å². The van der Waals surface area contributed by atoms with Gasteiger partial charge < -0.3 is 10.1 Å². The lowest BCUT2D eigenvalue weighted by Crippen LogP contribution is -2.29. The van der Waals surface area contributed by atoms with E-state index in [2.05, 4.69) is 5.32 Å². The molecule has 1 amide bonds. The number of carbonyl (C=O) groups excluding carboxylic acids is 2. The zero-order chi connectivity index (χ0) is 20.7. The molecule has 2 rings (SSSR count). The number of benzene rings is 2. The van der Waals surface area contributed by atoms with Crippen LogP contribution in [0, 0.1) is 11.3 Å². The van der Waals surface area contributed by atoms with Crippen LogP contribution >= 0.6 is 0 Å². The Kier molecular flexibility index (Phi) is 6.55. The van der Waals surface area contributed by atoms with E-state index in [9.17, 15) is 22.8 Å². The summed E-state index contributed by atoms with van der Waals surface area (Å²) >= 11 is 0. The van der Waals surface area contributed by atoms with Crippen molar-refractivity contribution in [2.24, 2.45) is 0 Å².